The van der Waals surface area contributed by atoms with Crippen LogP contribution in [-0.2, 0) is 14.3 Å². The number of amides is 2. The fourth-order valence-corrected chi connectivity index (χ4v) is 4.97. The van der Waals surface area contributed by atoms with Crippen molar-refractivity contribution in [3.63, 3.8) is 0 Å². The first-order valence-corrected chi connectivity index (χ1v) is 10.7. The summed E-state index contributed by atoms with van der Waals surface area (Å²) in [5, 5.41) is 0. The lowest BCUT2D eigenvalue weighted by Crippen LogP contribution is -2.40. The molecule has 28 heavy (non-hydrogen) atoms. The maximum absolute atomic E-state index is 12.9. The van der Waals surface area contributed by atoms with Gasteiger partial charge in [-0.05, 0) is 37.8 Å². The minimum absolute atomic E-state index is 0.0265. The van der Waals surface area contributed by atoms with Crippen molar-refractivity contribution in [3.05, 3.63) is 35.4 Å². The average molecular weight is 387 g/mol. The van der Waals surface area contributed by atoms with E-state index in [0.29, 0.717) is 25.0 Å². The van der Waals surface area contributed by atoms with Crippen LogP contribution in [0.2, 0.25) is 0 Å². The van der Waals surface area contributed by atoms with Gasteiger partial charge in [0, 0.05) is 44.0 Å². The third-order valence-corrected chi connectivity index (χ3v) is 6.57. The molecule has 0 N–H and O–H groups in total. The van der Waals surface area contributed by atoms with E-state index in [-0.39, 0.29) is 30.4 Å². The smallest absolute Gasteiger partial charge is 0.249 e. The molecule has 2 heterocycles. The van der Waals surface area contributed by atoms with Gasteiger partial charge in [0.15, 0.2) is 0 Å². The Kier molecular flexibility index (Phi) is 6.76. The van der Waals surface area contributed by atoms with Crippen LogP contribution >= 0.6 is 0 Å². The van der Waals surface area contributed by atoms with E-state index in [1.54, 1.807) is 0 Å². The molecule has 1 aromatic rings. The van der Waals surface area contributed by atoms with Crippen LogP contribution in [0.1, 0.15) is 50.8 Å². The van der Waals surface area contributed by atoms with Crippen LogP contribution in [0.25, 0.3) is 0 Å². The van der Waals surface area contributed by atoms with Crippen LogP contribution in [0.3, 0.4) is 0 Å². The number of aryl methyl sites for hydroxylation is 1. The van der Waals surface area contributed by atoms with Crippen molar-refractivity contribution in [1.29, 1.82) is 0 Å². The molecule has 0 saturated carbocycles. The highest BCUT2D eigenvalue weighted by Crippen LogP contribution is 2.46. The summed E-state index contributed by atoms with van der Waals surface area (Å²) in [6, 6.07) is 8.35. The van der Waals surface area contributed by atoms with Crippen molar-refractivity contribution < 1.29 is 14.3 Å². The zero-order chi connectivity index (χ0) is 20.3. The van der Waals surface area contributed by atoms with E-state index in [2.05, 4.69) is 37.8 Å². The van der Waals surface area contributed by atoms with E-state index >= 15 is 0 Å². The van der Waals surface area contributed by atoms with Gasteiger partial charge in [0.25, 0.3) is 0 Å². The van der Waals surface area contributed by atoms with Gasteiger partial charge in [-0.3, -0.25) is 9.59 Å². The minimum atomic E-state index is 0.0265. The Morgan fingerprint density at radius 1 is 1.11 bits per heavy atom. The number of hydrogen-bond donors (Lipinski definition) is 0. The summed E-state index contributed by atoms with van der Waals surface area (Å²) in [5.74, 6) is 1.10. The van der Waals surface area contributed by atoms with Gasteiger partial charge in [-0.25, -0.2) is 0 Å². The molecule has 5 heteroatoms. The highest BCUT2D eigenvalue weighted by atomic mass is 16.5. The van der Waals surface area contributed by atoms with E-state index < -0.39 is 0 Å². The molecule has 2 aliphatic heterocycles. The third kappa shape index (κ3) is 3.95. The molecule has 0 unspecified atom stereocenters. The molecule has 0 bridgehead atoms. The number of rotatable bonds is 7. The van der Waals surface area contributed by atoms with Gasteiger partial charge in [-0.15, -0.1) is 0 Å². The fourth-order valence-electron chi connectivity index (χ4n) is 4.97. The molecule has 0 spiro atoms. The summed E-state index contributed by atoms with van der Waals surface area (Å²) >= 11 is 0. The van der Waals surface area contributed by atoms with E-state index in [1.807, 2.05) is 24.0 Å². The molecule has 2 fully saturated rings. The lowest BCUT2D eigenvalue weighted by Gasteiger charge is -2.31. The normalized spacial score (nSPS) is 24.1. The summed E-state index contributed by atoms with van der Waals surface area (Å²) < 4.78 is 5.41. The minimum Gasteiger partial charge on any atom is -0.372 e. The van der Waals surface area contributed by atoms with E-state index in [0.717, 1.165) is 25.9 Å². The molecular weight excluding hydrogens is 352 g/mol. The van der Waals surface area contributed by atoms with Crippen LogP contribution in [0.5, 0.6) is 0 Å². The van der Waals surface area contributed by atoms with Gasteiger partial charge in [0.05, 0.1) is 6.04 Å². The zero-order valence-corrected chi connectivity index (χ0v) is 17.7. The maximum atomic E-state index is 12.9. The van der Waals surface area contributed by atoms with Gasteiger partial charge >= 0.3 is 0 Å². The maximum Gasteiger partial charge on any atom is 0.249 e. The van der Waals surface area contributed by atoms with Crippen molar-refractivity contribution in [1.82, 2.24) is 9.80 Å². The van der Waals surface area contributed by atoms with Crippen LogP contribution in [-0.4, -0.2) is 54.5 Å². The number of ether oxygens (including phenoxy) is 1. The van der Waals surface area contributed by atoms with Crippen molar-refractivity contribution in [3.8, 4) is 0 Å². The fraction of sp³-hybridized carbons (Fsp3) is 0.652. The number of likely N-dealkylation sites (tertiary alicyclic amines) is 2. The summed E-state index contributed by atoms with van der Waals surface area (Å²) in [4.78, 5) is 29.9. The topological polar surface area (TPSA) is 49.9 Å². The van der Waals surface area contributed by atoms with Crippen LogP contribution < -0.4 is 0 Å². The van der Waals surface area contributed by atoms with Gasteiger partial charge < -0.3 is 14.5 Å². The third-order valence-electron chi connectivity index (χ3n) is 6.57. The van der Waals surface area contributed by atoms with E-state index in [1.165, 1.54) is 11.1 Å². The first kappa shape index (κ1) is 20.8. The number of carbonyl (C=O) groups excluding carboxylic acids is 2. The van der Waals surface area contributed by atoms with Crippen molar-refractivity contribution >= 4 is 11.8 Å². The zero-order valence-electron chi connectivity index (χ0n) is 17.7. The number of nitrogens with zero attached hydrogens (tertiary/aromatic N) is 2. The second-order valence-electron chi connectivity index (χ2n) is 8.17. The lowest BCUT2D eigenvalue weighted by molar-refractivity contribution is -0.138. The highest BCUT2D eigenvalue weighted by molar-refractivity contribution is 5.80. The molecule has 0 radical (unpaired) electrons. The molecule has 3 rings (SSSR count). The molecule has 154 valence electrons. The first-order chi connectivity index (χ1) is 13.5. The van der Waals surface area contributed by atoms with Gasteiger partial charge in [0.1, 0.15) is 6.61 Å². The number of fused-ring (bicyclic) bond motifs is 1. The van der Waals surface area contributed by atoms with Gasteiger partial charge in [-0.2, -0.15) is 0 Å². The molecule has 0 aromatic heterocycles. The van der Waals surface area contributed by atoms with Crippen molar-refractivity contribution in [2.24, 2.45) is 17.8 Å². The summed E-state index contributed by atoms with van der Waals surface area (Å²) in [6.45, 7) is 11.1. The Labute approximate surface area is 169 Å². The summed E-state index contributed by atoms with van der Waals surface area (Å²) in [5.41, 5.74) is 2.41. The van der Waals surface area contributed by atoms with E-state index in [9.17, 15) is 9.59 Å². The van der Waals surface area contributed by atoms with Crippen molar-refractivity contribution in [2.75, 3.05) is 32.8 Å². The first-order valence-electron chi connectivity index (χ1n) is 10.7. The Bertz CT molecular complexity index is 701. The second-order valence-corrected chi connectivity index (χ2v) is 8.17. The molecule has 3 atom stereocenters. The molecule has 2 aliphatic rings. The molecule has 2 saturated heterocycles. The Balaban J connectivity index is 1.85. The monoisotopic (exact) mass is 386 g/mol. The predicted octanol–water partition coefficient (Wildman–Crippen LogP) is 3.43. The van der Waals surface area contributed by atoms with Crippen molar-refractivity contribution in [2.45, 2.75) is 46.6 Å². The summed E-state index contributed by atoms with van der Waals surface area (Å²) in [7, 11) is 0. The molecule has 1 aromatic carbocycles. The summed E-state index contributed by atoms with van der Waals surface area (Å²) in [6.07, 6.45) is 1.78. The largest absolute Gasteiger partial charge is 0.372 e. The Morgan fingerprint density at radius 2 is 1.82 bits per heavy atom. The second kappa shape index (κ2) is 9.08. The Morgan fingerprint density at radius 3 is 2.46 bits per heavy atom. The highest BCUT2D eigenvalue weighted by Gasteiger charge is 2.50. The standard InChI is InChI=1S/C23H34N2O3/c1-5-17(6-2)23(27)24-12-18-13-25(21(26)15-28-7-3)22(20(18)14-24)19-11-9-8-10-16(19)4/h8-11,17-18,20,22H,5-7,12-15H2,1-4H3/t18-,20-,22+/m0/s1. The number of benzene rings is 1. The quantitative estimate of drug-likeness (QED) is 0.721. The molecular formula is C23H34N2O3. The Hall–Kier alpha value is -1.88. The van der Waals surface area contributed by atoms with E-state index in [4.69, 9.17) is 4.74 Å². The molecule has 5 nitrogen and oxygen atoms in total. The van der Waals surface area contributed by atoms with Gasteiger partial charge in [-0.1, -0.05) is 38.1 Å². The lowest BCUT2D eigenvalue weighted by atomic mass is 9.87. The predicted molar refractivity (Wildman–Crippen MR) is 110 cm³/mol. The van der Waals surface area contributed by atoms with Crippen LogP contribution in [0, 0.1) is 24.7 Å². The number of carbonyl (C=O) groups is 2. The van der Waals surface area contributed by atoms with Crippen LogP contribution in [0.15, 0.2) is 24.3 Å². The SMILES string of the molecule is CCOCC(=O)N1C[C@@H]2CN(C(=O)C(CC)CC)C[C@@H]2[C@H]1c1ccccc1C. The van der Waals surface area contributed by atoms with Gasteiger partial charge in [0.2, 0.25) is 11.8 Å². The molecule has 0 aliphatic carbocycles. The molecule has 2 amide bonds. The number of hydrogen-bond acceptors (Lipinski definition) is 3. The van der Waals surface area contributed by atoms with Crippen LogP contribution in [0.4, 0.5) is 0 Å². The average Bonchev–Trinajstić information content (AvgIpc) is 3.25.